The molecule has 10 heteroatoms. The van der Waals surface area contributed by atoms with Crippen LogP contribution in [0.4, 0.5) is 9.18 Å². The van der Waals surface area contributed by atoms with Gasteiger partial charge in [0.2, 0.25) is 0 Å². The molecular formula is C5H7FN2O6S. The van der Waals surface area contributed by atoms with Crippen molar-refractivity contribution in [1.82, 2.24) is 0 Å². The quantitative estimate of drug-likeness (QED) is 0.233. The van der Waals surface area contributed by atoms with E-state index in [0.717, 1.165) is 0 Å². The van der Waals surface area contributed by atoms with Crippen molar-refractivity contribution < 1.29 is 23.8 Å². The zero-order chi connectivity index (χ0) is 12.1. The molecule has 0 aliphatic carbocycles. The van der Waals surface area contributed by atoms with E-state index in [0.29, 0.717) is 17.5 Å². The number of rotatable bonds is 5. The minimum Gasteiger partial charge on any atom is -0.438 e. The number of nitrogens with zero attached hydrogens (tertiary/aromatic N) is 2. The van der Waals surface area contributed by atoms with Crippen LogP contribution in [0.5, 0.6) is 0 Å². The lowest BCUT2D eigenvalue weighted by Crippen LogP contribution is -2.46. The number of carbonyl (C=O) groups is 1. The molecular weight excluding hydrogens is 235 g/mol. The monoisotopic (exact) mass is 242 g/mol. The highest BCUT2D eigenvalue weighted by molar-refractivity contribution is 8.13. The number of hydrogen-bond donors (Lipinski definition) is 0. The van der Waals surface area contributed by atoms with Crippen LogP contribution in [-0.2, 0) is 4.74 Å². The fourth-order valence-electron chi connectivity index (χ4n) is 0.482. The van der Waals surface area contributed by atoms with Gasteiger partial charge in [0.15, 0.2) is 0 Å². The van der Waals surface area contributed by atoms with Gasteiger partial charge in [-0.1, -0.05) is 11.3 Å². The summed E-state index contributed by atoms with van der Waals surface area (Å²) < 4.78 is 17.0. The highest BCUT2D eigenvalue weighted by Gasteiger charge is 2.59. The van der Waals surface area contributed by atoms with Gasteiger partial charge in [-0.05, 0) is 11.8 Å². The standard InChI is InChI=1S/C5H7FN2O6S/c1-2-15-4(9)14-3-5(6,7(10)11)8(12)13/h2-3H2,1H3. The van der Waals surface area contributed by atoms with Crippen LogP contribution in [0.2, 0.25) is 0 Å². The molecule has 0 aliphatic heterocycles. The van der Waals surface area contributed by atoms with Crippen LogP contribution in [-0.4, -0.2) is 33.4 Å². The summed E-state index contributed by atoms with van der Waals surface area (Å²) in [6, 6.07) is 0. The molecule has 15 heavy (non-hydrogen) atoms. The second-order valence-electron chi connectivity index (χ2n) is 2.20. The lowest BCUT2D eigenvalue weighted by Gasteiger charge is -2.07. The van der Waals surface area contributed by atoms with Gasteiger partial charge in [-0.3, -0.25) is 20.2 Å². The molecule has 0 heterocycles. The first-order valence-corrected chi connectivity index (χ1v) is 4.60. The summed E-state index contributed by atoms with van der Waals surface area (Å²) in [5.74, 6) is -3.67. The van der Waals surface area contributed by atoms with Crippen LogP contribution < -0.4 is 0 Å². The van der Waals surface area contributed by atoms with Crippen LogP contribution in [0, 0.1) is 20.2 Å². The SMILES string of the molecule is CCSC(=O)OCC(F)([N+](=O)[O-])[N+](=O)[O-]. The maximum absolute atomic E-state index is 13.0. The average Bonchev–Trinajstić information content (AvgIpc) is 2.14. The predicted molar refractivity (Wildman–Crippen MR) is 47.3 cm³/mol. The molecule has 8 nitrogen and oxygen atoms in total. The van der Waals surface area contributed by atoms with Gasteiger partial charge in [-0.15, -0.1) is 0 Å². The Morgan fingerprint density at radius 1 is 1.47 bits per heavy atom. The van der Waals surface area contributed by atoms with Crippen molar-refractivity contribution in [1.29, 1.82) is 0 Å². The van der Waals surface area contributed by atoms with Crippen molar-refractivity contribution in [2.24, 2.45) is 0 Å². The maximum Gasteiger partial charge on any atom is 0.648 e. The first-order valence-electron chi connectivity index (χ1n) is 3.62. The Bertz CT molecular complexity index is 271. The topological polar surface area (TPSA) is 113 Å². The predicted octanol–water partition coefficient (Wildman–Crippen LogP) is 1.05. The number of thioether (sulfide) groups is 1. The first kappa shape index (κ1) is 13.5. The van der Waals surface area contributed by atoms with Gasteiger partial charge in [0.1, 0.15) is 9.85 Å². The third-order valence-corrected chi connectivity index (χ3v) is 1.84. The molecule has 0 N–H and O–H groups in total. The van der Waals surface area contributed by atoms with Crippen molar-refractivity contribution in [2.75, 3.05) is 12.4 Å². The van der Waals surface area contributed by atoms with Gasteiger partial charge in [0, 0.05) is 5.75 Å². The minimum atomic E-state index is -3.98. The Morgan fingerprint density at radius 3 is 2.27 bits per heavy atom. The summed E-state index contributed by atoms with van der Waals surface area (Å²) in [5.41, 5.74) is 0. The van der Waals surface area contributed by atoms with Crippen LogP contribution in [0.25, 0.3) is 0 Å². The molecule has 0 aromatic heterocycles. The molecule has 0 unspecified atom stereocenters. The average molecular weight is 242 g/mol. The van der Waals surface area contributed by atoms with Gasteiger partial charge in [0.25, 0.3) is 6.61 Å². The number of halogens is 1. The normalized spacial score (nSPS) is 10.8. The molecule has 0 bridgehead atoms. The summed E-state index contributed by atoms with van der Waals surface area (Å²) in [5, 5.41) is 19.1. The van der Waals surface area contributed by atoms with Gasteiger partial charge in [0.05, 0.1) is 0 Å². The highest BCUT2D eigenvalue weighted by Crippen LogP contribution is 2.15. The van der Waals surface area contributed by atoms with Crippen molar-refractivity contribution >= 4 is 17.1 Å². The lowest BCUT2D eigenvalue weighted by atomic mass is 10.5. The number of alkyl halides is 1. The zero-order valence-corrected chi connectivity index (χ0v) is 8.36. The molecule has 0 amide bonds. The summed E-state index contributed by atoms with van der Waals surface area (Å²) in [6.45, 7) is 0.0501. The van der Waals surface area contributed by atoms with E-state index in [-0.39, 0.29) is 0 Å². The van der Waals surface area contributed by atoms with E-state index in [4.69, 9.17) is 0 Å². The summed E-state index contributed by atoms with van der Waals surface area (Å²) >= 11 is 0.622. The third-order valence-electron chi connectivity index (χ3n) is 1.20. The van der Waals surface area contributed by atoms with Crippen molar-refractivity contribution in [2.45, 2.75) is 12.8 Å². The van der Waals surface area contributed by atoms with E-state index in [2.05, 4.69) is 4.74 Å². The maximum atomic E-state index is 13.0. The Labute approximate surface area is 87.1 Å². The summed E-state index contributed by atoms with van der Waals surface area (Å²) in [6.07, 6.45) is 0. The zero-order valence-electron chi connectivity index (χ0n) is 7.54. The molecule has 0 rings (SSSR count). The Kier molecular flexibility index (Phi) is 4.91. The summed E-state index contributed by atoms with van der Waals surface area (Å²) in [7, 11) is 0. The van der Waals surface area contributed by atoms with E-state index in [1.807, 2.05) is 0 Å². The number of hydrogen-bond acceptors (Lipinski definition) is 7. The van der Waals surface area contributed by atoms with Gasteiger partial charge < -0.3 is 4.74 Å². The molecule has 0 fully saturated rings. The molecule has 0 aromatic carbocycles. The fraction of sp³-hybridized carbons (Fsp3) is 0.800. The van der Waals surface area contributed by atoms with Crippen LogP contribution in [0.1, 0.15) is 6.92 Å². The molecule has 0 radical (unpaired) electrons. The molecule has 0 spiro atoms. The Morgan fingerprint density at radius 2 is 1.93 bits per heavy atom. The summed E-state index contributed by atoms with van der Waals surface area (Å²) in [4.78, 5) is 27.2. The molecule has 0 aliphatic rings. The van der Waals surface area contributed by atoms with Crippen molar-refractivity contribution in [3.8, 4) is 0 Å². The molecule has 0 atom stereocenters. The number of carbonyl (C=O) groups excluding carboxylic acids is 1. The second-order valence-corrected chi connectivity index (χ2v) is 3.40. The van der Waals surface area contributed by atoms with E-state index < -0.39 is 27.7 Å². The van der Waals surface area contributed by atoms with Gasteiger partial charge >= 0.3 is 11.2 Å². The van der Waals surface area contributed by atoms with E-state index >= 15 is 0 Å². The van der Waals surface area contributed by atoms with Crippen LogP contribution in [0.3, 0.4) is 0 Å². The Hall–Kier alpha value is -1.45. The smallest absolute Gasteiger partial charge is 0.438 e. The molecule has 86 valence electrons. The van der Waals surface area contributed by atoms with E-state index in [1.54, 1.807) is 6.92 Å². The van der Waals surface area contributed by atoms with Gasteiger partial charge in [-0.25, -0.2) is 4.79 Å². The fourth-order valence-corrected chi connectivity index (χ4v) is 0.860. The molecule has 0 saturated heterocycles. The highest BCUT2D eigenvalue weighted by atomic mass is 32.2. The second kappa shape index (κ2) is 5.44. The molecule has 0 saturated carbocycles. The van der Waals surface area contributed by atoms with Crippen molar-refractivity contribution in [3.05, 3.63) is 20.2 Å². The van der Waals surface area contributed by atoms with Crippen molar-refractivity contribution in [3.63, 3.8) is 0 Å². The van der Waals surface area contributed by atoms with Gasteiger partial charge in [-0.2, -0.15) is 0 Å². The first-order chi connectivity index (χ1) is 6.84. The molecule has 0 aromatic rings. The number of nitro groups is 2. The van der Waals surface area contributed by atoms with Crippen LogP contribution in [0.15, 0.2) is 0 Å². The van der Waals surface area contributed by atoms with E-state index in [1.165, 1.54) is 0 Å². The third kappa shape index (κ3) is 3.65. The largest absolute Gasteiger partial charge is 0.648 e. The van der Waals surface area contributed by atoms with E-state index in [9.17, 15) is 29.4 Å². The Balaban J connectivity index is 4.39. The minimum absolute atomic E-state index is 0.315. The lowest BCUT2D eigenvalue weighted by molar-refractivity contribution is -0.832. The van der Waals surface area contributed by atoms with Crippen LogP contribution >= 0.6 is 11.8 Å². The number of ether oxygens (including phenoxy) is 1.